The van der Waals surface area contributed by atoms with E-state index in [-0.39, 0.29) is 25.8 Å². The van der Waals surface area contributed by atoms with Crippen LogP contribution < -0.4 is 27.1 Å². The number of fused-ring (bicyclic) bond motifs is 4. The van der Waals surface area contributed by atoms with Crippen LogP contribution in [0, 0.1) is 13.8 Å². The van der Waals surface area contributed by atoms with Crippen molar-refractivity contribution < 1.29 is 28.3 Å². The van der Waals surface area contributed by atoms with E-state index in [1.54, 1.807) is 0 Å². The molecule has 1 aromatic carbocycles. The van der Waals surface area contributed by atoms with Crippen LogP contribution in [0.4, 0.5) is 4.79 Å². The van der Waals surface area contributed by atoms with Gasteiger partial charge in [-0.05, 0) is 64.0 Å². The molecule has 1 atom stereocenters. The Hall–Kier alpha value is -3.82. The second-order valence-electron chi connectivity index (χ2n) is 9.33. The number of carbonyl (C=O) groups excluding carboxylic acids is 3. The summed E-state index contributed by atoms with van der Waals surface area (Å²) in [6.45, 7) is 3.90. The fourth-order valence-corrected chi connectivity index (χ4v) is 4.98. The van der Waals surface area contributed by atoms with Crippen LogP contribution in [-0.4, -0.2) is 30.5 Å². The van der Waals surface area contributed by atoms with Gasteiger partial charge in [0.15, 0.2) is 0 Å². The molecule has 0 fully saturated rings. The Morgan fingerprint density at radius 3 is 2.53 bits per heavy atom. The molecule has 0 aliphatic heterocycles. The van der Waals surface area contributed by atoms with Crippen LogP contribution in [-0.2, 0) is 28.9 Å². The Bertz CT molecular complexity index is 1400. The number of furan rings is 1. The molecule has 4 rings (SSSR count). The summed E-state index contributed by atoms with van der Waals surface area (Å²) in [7, 11) is 0. The Morgan fingerprint density at radius 1 is 1.08 bits per heavy atom. The number of carbonyl (C=O) groups is 3. The van der Waals surface area contributed by atoms with Crippen molar-refractivity contribution in [3.05, 3.63) is 44.5 Å². The Labute approximate surface area is 207 Å². The molecule has 1 aliphatic rings. The first kappa shape index (κ1) is 25.3. The van der Waals surface area contributed by atoms with E-state index in [4.69, 9.17) is 14.6 Å². The minimum atomic E-state index is -1.42. The molecule has 192 valence electrons. The topological polar surface area (TPSA) is 168 Å². The largest absolute Gasteiger partial charge is 0.548 e. The number of primary amides is 1. The summed E-state index contributed by atoms with van der Waals surface area (Å²) in [5.41, 5.74) is 8.79. The minimum Gasteiger partial charge on any atom is -0.548 e. The maximum absolute atomic E-state index is 12.8. The average molecular weight is 497 g/mol. The molecule has 0 spiro atoms. The number of rotatable bonds is 9. The molecule has 0 saturated carbocycles. The van der Waals surface area contributed by atoms with Gasteiger partial charge in [-0.3, -0.25) is 4.79 Å². The standard InChI is InChI=1S/C26H31N3O7/c1-13-15(9-10-21(30)29-19(24(31)32)7-5-11-28-26(27)34)25(33)36-22-14(2)23-18(12-17(13)22)16-6-3-4-8-20(16)35-23/h12,19H,3-11H2,1-2H3,(H,29,30)(H,31,32)(H3,27,28,34)/p-1/t19-/m0/s1. The van der Waals surface area contributed by atoms with Gasteiger partial charge in [0, 0.05) is 46.8 Å². The first-order valence-electron chi connectivity index (χ1n) is 12.2. The lowest BCUT2D eigenvalue weighted by atomic mass is 9.93. The number of aliphatic carboxylic acids is 1. The molecule has 36 heavy (non-hydrogen) atoms. The van der Waals surface area contributed by atoms with Crippen molar-refractivity contribution in [2.24, 2.45) is 5.73 Å². The van der Waals surface area contributed by atoms with Crippen molar-refractivity contribution in [3.63, 3.8) is 0 Å². The molecule has 0 radical (unpaired) electrons. The Balaban J connectivity index is 1.53. The highest BCUT2D eigenvalue weighted by Gasteiger charge is 2.23. The molecule has 2 heterocycles. The fraction of sp³-hybridized carbons (Fsp3) is 0.462. The number of hydrogen-bond donors (Lipinski definition) is 3. The highest BCUT2D eigenvalue weighted by atomic mass is 16.4. The number of carboxylic acid groups (broad SMARTS) is 1. The molecule has 10 heteroatoms. The van der Waals surface area contributed by atoms with Gasteiger partial charge in [0.05, 0.1) is 12.0 Å². The SMILES string of the molecule is Cc1c(CCC(=O)N[C@@H](CCCNC(N)=O)C(=O)[O-])c(=O)oc2c(C)c3oc4c(c3cc12)CCCC4. The lowest BCUT2D eigenvalue weighted by Gasteiger charge is -2.20. The van der Waals surface area contributed by atoms with Crippen molar-refractivity contribution in [2.75, 3.05) is 6.54 Å². The molecule has 3 aromatic rings. The van der Waals surface area contributed by atoms with E-state index < -0.39 is 29.6 Å². The first-order chi connectivity index (χ1) is 17.2. The van der Waals surface area contributed by atoms with Crippen LogP contribution in [0.3, 0.4) is 0 Å². The van der Waals surface area contributed by atoms with E-state index in [0.29, 0.717) is 17.6 Å². The number of amides is 3. The van der Waals surface area contributed by atoms with Crippen LogP contribution in [0.5, 0.6) is 0 Å². The zero-order valence-corrected chi connectivity index (χ0v) is 20.5. The van der Waals surface area contributed by atoms with Crippen LogP contribution in [0.2, 0.25) is 0 Å². The first-order valence-corrected chi connectivity index (χ1v) is 12.2. The van der Waals surface area contributed by atoms with E-state index in [1.165, 1.54) is 5.56 Å². The summed E-state index contributed by atoms with van der Waals surface area (Å²) in [4.78, 5) is 47.4. The van der Waals surface area contributed by atoms with Gasteiger partial charge in [0.1, 0.15) is 16.9 Å². The second kappa shape index (κ2) is 10.4. The molecule has 4 N–H and O–H groups in total. The molecule has 0 saturated heterocycles. The molecule has 1 aliphatic carbocycles. The molecule has 0 bridgehead atoms. The number of benzene rings is 1. The number of hydrogen-bond acceptors (Lipinski definition) is 7. The molecular formula is C26H30N3O7-. The Kier molecular flexibility index (Phi) is 7.32. The zero-order valence-electron chi connectivity index (χ0n) is 20.5. The average Bonchev–Trinajstić information content (AvgIpc) is 3.20. The van der Waals surface area contributed by atoms with Gasteiger partial charge in [-0.15, -0.1) is 0 Å². The lowest BCUT2D eigenvalue weighted by Crippen LogP contribution is -2.48. The monoisotopic (exact) mass is 496 g/mol. The van der Waals surface area contributed by atoms with E-state index in [1.807, 2.05) is 19.9 Å². The van der Waals surface area contributed by atoms with E-state index in [9.17, 15) is 24.3 Å². The minimum absolute atomic E-state index is 0.0653. The quantitative estimate of drug-likeness (QED) is 0.299. The summed E-state index contributed by atoms with van der Waals surface area (Å²) >= 11 is 0. The maximum Gasteiger partial charge on any atom is 0.339 e. The number of aryl methyl sites for hydroxylation is 4. The maximum atomic E-state index is 12.8. The van der Waals surface area contributed by atoms with Crippen molar-refractivity contribution in [2.45, 2.75) is 71.3 Å². The van der Waals surface area contributed by atoms with Gasteiger partial charge in [-0.2, -0.15) is 0 Å². The zero-order chi connectivity index (χ0) is 26.0. The van der Waals surface area contributed by atoms with Crippen molar-refractivity contribution in [1.29, 1.82) is 0 Å². The highest BCUT2D eigenvalue weighted by Crippen LogP contribution is 2.37. The smallest absolute Gasteiger partial charge is 0.339 e. The summed E-state index contributed by atoms with van der Waals surface area (Å²) in [5.74, 6) is -0.951. The molecular weight excluding hydrogens is 466 g/mol. The van der Waals surface area contributed by atoms with Gasteiger partial charge in [-0.25, -0.2) is 9.59 Å². The predicted molar refractivity (Wildman–Crippen MR) is 130 cm³/mol. The third-order valence-electron chi connectivity index (χ3n) is 6.92. The Morgan fingerprint density at radius 2 is 1.81 bits per heavy atom. The highest BCUT2D eigenvalue weighted by molar-refractivity contribution is 6.00. The summed E-state index contributed by atoms with van der Waals surface area (Å²) < 4.78 is 11.8. The van der Waals surface area contributed by atoms with Crippen molar-refractivity contribution in [3.8, 4) is 0 Å². The van der Waals surface area contributed by atoms with E-state index in [2.05, 4.69) is 10.6 Å². The molecule has 0 unspecified atom stereocenters. The normalized spacial score (nSPS) is 13.9. The van der Waals surface area contributed by atoms with Crippen molar-refractivity contribution in [1.82, 2.24) is 10.6 Å². The lowest BCUT2D eigenvalue weighted by molar-refractivity contribution is -0.308. The number of nitrogens with two attached hydrogens (primary N) is 1. The molecule has 3 amide bonds. The number of carboxylic acids is 1. The second-order valence-corrected chi connectivity index (χ2v) is 9.33. The van der Waals surface area contributed by atoms with Gasteiger partial charge in [0.2, 0.25) is 5.91 Å². The third kappa shape index (κ3) is 5.07. The van der Waals surface area contributed by atoms with Crippen LogP contribution in [0.1, 0.15) is 60.1 Å². The summed E-state index contributed by atoms with van der Waals surface area (Å²) in [6, 6.07) is 0.0843. The van der Waals surface area contributed by atoms with Gasteiger partial charge >= 0.3 is 11.7 Å². The predicted octanol–water partition coefficient (Wildman–Crippen LogP) is 1.65. The van der Waals surface area contributed by atoms with Gasteiger partial charge in [0.25, 0.3) is 0 Å². The summed E-state index contributed by atoms with van der Waals surface area (Å²) in [5, 5.41) is 18.0. The summed E-state index contributed by atoms with van der Waals surface area (Å²) in [6.07, 6.45) is 4.41. The molecule has 10 nitrogen and oxygen atoms in total. The van der Waals surface area contributed by atoms with Gasteiger partial charge < -0.3 is 35.1 Å². The third-order valence-corrected chi connectivity index (χ3v) is 6.92. The van der Waals surface area contributed by atoms with E-state index in [0.717, 1.165) is 58.9 Å². The molecule has 2 aromatic heterocycles. The fourth-order valence-electron chi connectivity index (χ4n) is 4.98. The van der Waals surface area contributed by atoms with Crippen LogP contribution in [0.15, 0.2) is 19.7 Å². The van der Waals surface area contributed by atoms with Crippen LogP contribution >= 0.6 is 0 Å². The van der Waals surface area contributed by atoms with E-state index >= 15 is 0 Å². The number of nitrogens with one attached hydrogen (secondary N) is 2. The van der Waals surface area contributed by atoms with Crippen molar-refractivity contribution >= 4 is 39.8 Å². The number of urea groups is 1. The van der Waals surface area contributed by atoms with Gasteiger partial charge in [-0.1, -0.05) is 0 Å². The van der Waals surface area contributed by atoms with Crippen LogP contribution in [0.25, 0.3) is 21.9 Å².